The number of carbonyl (C=O) groups excluding carboxylic acids is 2. The van der Waals surface area contributed by atoms with Gasteiger partial charge in [0, 0.05) is 18.8 Å². The van der Waals surface area contributed by atoms with E-state index in [-0.39, 0.29) is 17.6 Å². The number of nitrogens with zero attached hydrogens (tertiary/aromatic N) is 5. The number of urea groups is 1. The van der Waals surface area contributed by atoms with Crippen molar-refractivity contribution in [2.24, 2.45) is 0 Å². The van der Waals surface area contributed by atoms with E-state index < -0.39 is 24.7 Å². The fourth-order valence-electron chi connectivity index (χ4n) is 4.13. The molecule has 5 heterocycles. The van der Waals surface area contributed by atoms with Gasteiger partial charge in [-0.3, -0.25) is 20.1 Å². The van der Waals surface area contributed by atoms with Gasteiger partial charge < -0.3 is 10.2 Å². The molecule has 0 aromatic carbocycles. The summed E-state index contributed by atoms with van der Waals surface area (Å²) in [6, 6.07) is 5.84. The minimum atomic E-state index is -4.54. The highest BCUT2D eigenvalue weighted by Crippen LogP contribution is 2.39. The van der Waals surface area contributed by atoms with Gasteiger partial charge in [0.2, 0.25) is 0 Å². The summed E-state index contributed by atoms with van der Waals surface area (Å²) in [6.45, 7) is 1.65. The van der Waals surface area contributed by atoms with Crippen LogP contribution in [0.4, 0.5) is 35.3 Å². The highest BCUT2D eigenvalue weighted by Gasteiger charge is 2.41. The molecule has 1 fully saturated rings. The smallest absolute Gasteiger partial charge is 0.366 e. The normalized spacial score (nSPS) is 17.3. The molecular weight excluding hydrogens is 441 g/mol. The molecule has 1 unspecified atom stereocenters. The maximum absolute atomic E-state index is 13.3. The SMILES string of the molecule is Cc1ccc2c(NC(=O)N3c4nc(C(=O)NCC(F)(F)F)ccc4N4CCC3C4)n[nH]c2n1. The van der Waals surface area contributed by atoms with Gasteiger partial charge >= 0.3 is 12.2 Å². The molecule has 2 aliphatic rings. The van der Waals surface area contributed by atoms with Crippen molar-refractivity contribution in [3.8, 4) is 0 Å². The number of aryl methyl sites for hydroxylation is 1. The fraction of sp³-hybridized carbons (Fsp3) is 0.350. The van der Waals surface area contributed by atoms with Gasteiger partial charge in [0.05, 0.1) is 17.1 Å². The maximum atomic E-state index is 13.3. The van der Waals surface area contributed by atoms with Gasteiger partial charge in [-0.2, -0.15) is 18.3 Å². The molecule has 0 radical (unpaired) electrons. The summed E-state index contributed by atoms with van der Waals surface area (Å²) in [5.41, 5.74) is 1.75. The molecule has 2 bridgehead atoms. The number of rotatable bonds is 3. The van der Waals surface area contributed by atoms with Gasteiger partial charge in [0.1, 0.15) is 12.2 Å². The first kappa shape index (κ1) is 21.0. The van der Waals surface area contributed by atoms with Crippen LogP contribution in [-0.2, 0) is 0 Å². The van der Waals surface area contributed by atoms with E-state index in [0.717, 1.165) is 5.69 Å². The third kappa shape index (κ3) is 3.90. The van der Waals surface area contributed by atoms with Crippen molar-refractivity contribution in [1.29, 1.82) is 0 Å². The predicted molar refractivity (Wildman–Crippen MR) is 113 cm³/mol. The number of amides is 3. The number of fused-ring (bicyclic) bond motifs is 5. The van der Waals surface area contributed by atoms with E-state index in [4.69, 9.17) is 0 Å². The molecule has 3 aromatic heterocycles. The zero-order valence-corrected chi connectivity index (χ0v) is 17.4. The van der Waals surface area contributed by atoms with Crippen LogP contribution in [0.2, 0.25) is 0 Å². The molecule has 10 nitrogen and oxygen atoms in total. The maximum Gasteiger partial charge on any atom is 0.405 e. The van der Waals surface area contributed by atoms with Crippen LogP contribution in [0.25, 0.3) is 11.0 Å². The Morgan fingerprint density at radius 1 is 1.21 bits per heavy atom. The minimum Gasteiger partial charge on any atom is -0.366 e. The van der Waals surface area contributed by atoms with Crippen LogP contribution in [0.15, 0.2) is 24.3 Å². The number of pyridine rings is 2. The number of hydrogen-bond donors (Lipinski definition) is 3. The predicted octanol–water partition coefficient (Wildman–Crippen LogP) is 2.58. The molecule has 5 rings (SSSR count). The number of H-pyrrole nitrogens is 1. The lowest BCUT2D eigenvalue weighted by atomic mass is 10.1. The summed E-state index contributed by atoms with van der Waals surface area (Å²) < 4.78 is 37.4. The Labute approximate surface area is 185 Å². The number of halogens is 3. The van der Waals surface area contributed by atoms with Crippen molar-refractivity contribution in [2.45, 2.75) is 25.6 Å². The van der Waals surface area contributed by atoms with Crippen LogP contribution in [-0.4, -0.2) is 64.0 Å². The Bertz CT molecular complexity index is 1260. The van der Waals surface area contributed by atoms with Crippen LogP contribution < -0.4 is 20.4 Å². The van der Waals surface area contributed by atoms with Crippen molar-refractivity contribution in [3.05, 3.63) is 35.7 Å². The molecule has 1 atom stereocenters. The number of anilines is 3. The Hall–Kier alpha value is -3.90. The highest BCUT2D eigenvalue weighted by molar-refractivity contribution is 6.07. The van der Waals surface area contributed by atoms with Gasteiger partial charge in [-0.15, -0.1) is 0 Å². The van der Waals surface area contributed by atoms with Gasteiger partial charge in [0.25, 0.3) is 5.91 Å². The van der Waals surface area contributed by atoms with E-state index in [1.165, 1.54) is 11.0 Å². The number of carbonyl (C=O) groups is 2. The molecular formula is C20H19F3N8O2. The Balaban J connectivity index is 1.44. The van der Waals surface area contributed by atoms with Crippen LogP contribution in [0.1, 0.15) is 22.6 Å². The van der Waals surface area contributed by atoms with Crippen LogP contribution in [0.5, 0.6) is 0 Å². The number of hydrogen-bond acceptors (Lipinski definition) is 6. The molecule has 13 heteroatoms. The van der Waals surface area contributed by atoms with Gasteiger partial charge in [-0.1, -0.05) is 0 Å². The quantitative estimate of drug-likeness (QED) is 0.553. The van der Waals surface area contributed by atoms with Crippen molar-refractivity contribution in [3.63, 3.8) is 0 Å². The molecule has 172 valence electrons. The first-order chi connectivity index (χ1) is 15.7. The molecule has 0 aliphatic carbocycles. The zero-order chi connectivity index (χ0) is 23.3. The first-order valence-corrected chi connectivity index (χ1v) is 10.2. The van der Waals surface area contributed by atoms with E-state index in [9.17, 15) is 22.8 Å². The van der Waals surface area contributed by atoms with Crippen molar-refractivity contribution >= 4 is 40.3 Å². The van der Waals surface area contributed by atoms with E-state index in [1.54, 1.807) is 18.2 Å². The van der Waals surface area contributed by atoms with Crippen LogP contribution >= 0.6 is 0 Å². The standard InChI is InChI=1S/C20H19F3N8O2/c1-10-2-3-12-15(25-10)28-29-16(12)27-19(33)31-11-6-7-30(8-11)14-5-4-13(26-17(14)31)18(32)24-9-20(21,22)23/h2-5,11H,6-9H2,1H3,(H,24,32)(H2,25,27,28,29,33). The zero-order valence-electron chi connectivity index (χ0n) is 17.4. The summed E-state index contributed by atoms with van der Waals surface area (Å²) in [7, 11) is 0. The number of aromatic nitrogens is 4. The largest absolute Gasteiger partial charge is 0.405 e. The lowest BCUT2D eigenvalue weighted by molar-refractivity contribution is -0.123. The third-order valence-corrected chi connectivity index (χ3v) is 5.64. The number of nitrogens with one attached hydrogen (secondary N) is 3. The summed E-state index contributed by atoms with van der Waals surface area (Å²) in [5, 5.41) is 12.1. The number of aromatic amines is 1. The molecule has 0 spiro atoms. The fourth-order valence-corrected chi connectivity index (χ4v) is 4.13. The first-order valence-electron chi connectivity index (χ1n) is 10.2. The lowest BCUT2D eigenvalue weighted by Crippen LogP contribution is -2.48. The summed E-state index contributed by atoms with van der Waals surface area (Å²) in [4.78, 5) is 37.6. The topological polar surface area (TPSA) is 119 Å². The van der Waals surface area contributed by atoms with E-state index >= 15 is 0 Å². The second-order valence-electron chi connectivity index (χ2n) is 7.95. The number of alkyl halides is 3. The van der Waals surface area contributed by atoms with Gasteiger partial charge in [-0.05, 0) is 37.6 Å². The van der Waals surface area contributed by atoms with Gasteiger partial charge in [0.15, 0.2) is 17.3 Å². The molecule has 3 amide bonds. The molecule has 3 aromatic rings. The Morgan fingerprint density at radius 3 is 2.82 bits per heavy atom. The molecule has 3 N–H and O–H groups in total. The average Bonchev–Trinajstić information content (AvgIpc) is 3.36. The summed E-state index contributed by atoms with van der Waals surface area (Å²) >= 11 is 0. The Morgan fingerprint density at radius 2 is 2.03 bits per heavy atom. The lowest BCUT2D eigenvalue weighted by Gasteiger charge is -2.35. The van der Waals surface area contributed by atoms with Crippen LogP contribution in [0.3, 0.4) is 0 Å². The molecule has 33 heavy (non-hydrogen) atoms. The second kappa shape index (κ2) is 7.60. The summed E-state index contributed by atoms with van der Waals surface area (Å²) in [6.07, 6.45) is -3.86. The molecule has 1 saturated heterocycles. The summed E-state index contributed by atoms with van der Waals surface area (Å²) in [5.74, 6) is -0.457. The highest BCUT2D eigenvalue weighted by atomic mass is 19.4. The van der Waals surface area contributed by atoms with Gasteiger partial charge in [-0.25, -0.2) is 14.8 Å². The average molecular weight is 460 g/mol. The van der Waals surface area contributed by atoms with Crippen molar-refractivity contribution < 1.29 is 22.8 Å². The molecule has 2 aliphatic heterocycles. The van der Waals surface area contributed by atoms with E-state index in [1.807, 2.05) is 17.1 Å². The van der Waals surface area contributed by atoms with Crippen molar-refractivity contribution in [1.82, 2.24) is 25.5 Å². The molecule has 0 saturated carbocycles. The third-order valence-electron chi connectivity index (χ3n) is 5.64. The Kier molecular flexibility index (Phi) is 4.83. The van der Waals surface area contributed by atoms with Crippen molar-refractivity contribution in [2.75, 3.05) is 34.8 Å². The van der Waals surface area contributed by atoms with E-state index in [0.29, 0.717) is 42.0 Å². The monoisotopic (exact) mass is 460 g/mol. The minimum absolute atomic E-state index is 0.205. The van der Waals surface area contributed by atoms with Crippen LogP contribution in [0, 0.1) is 6.92 Å². The second-order valence-corrected chi connectivity index (χ2v) is 7.95. The van der Waals surface area contributed by atoms with E-state index in [2.05, 4.69) is 25.5 Å².